The number of rotatable bonds is 3. The van der Waals surface area contributed by atoms with Gasteiger partial charge in [-0.2, -0.15) is 0 Å². The van der Waals surface area contributed by atoms with Gasteiger partial charge in [-0.25, -0.2) is 9.97 Å². The summed E-state index contributed by atoms with van der Waals surface area (Å²) in [5.41, 5.74) is 3.89. The van der Waals surface area contributed by atoms with Crippen LogP contribution in [-0.2, 0) is 0 Å². The molecular formula is C15H16N2O. The van der Waals surface area contributed by atoms with Crippen molar-refractivity contribution in [2.75, 3.05) is 0 Å². The van der Waals surface area contributed by atoms with Crippen LogP contribution in [0.1, 0.15) is 41.6 Å². The summed E-state index contributed by atoms with van der Waals surface area (Å²) in [4.78, 5) is 19.0. The Labute approximate surface area is 107 Å². The highest BCUT2D eigenvalue weighted by atomic mass is 16.1. The second kappa shape index (κ2) is 5.08. The fraction of sp³-hybridized carbons (Fsp3) is 0.267. The Morgan fingerprint density at radius 1 is 1.11 bits per heavy atom. The molecule has 0 amide bonds. The zero-order chi connectivity index (χ0) is 13.1. The van der Waals surface area contributed by atoms with Gasteiger partial charge in [-0.05, 0) is 24.5 Å². The highest BCUT2D eigenvalue weighted by Gasteiger charge is 2.05. The molecule has 0 aliphatic carbocycles. The molecule has 0 unspecified atom stereocenters. The Kier molecular flexibility index (Phi) is 3.51. The SMILES string of the molecule is Cc1cc(-c2ccc(C(C)C)cc2)nc(C=O)n1. The molecule has 0 bridgehead atoms. The summed E-state index contributed by atoms with van der Waals surface area (Å²) in [7, 11) is 0. The van der Waals surface area contributed by atoms with Gasteiger partial charge in [0.2, 0.25) is 0 Å². The minimum absolute atomic E-state index is 0.234. The molecule has 0 fully saturated rings. The Hall–Kier alpha value is -2.03. The van der Waals surface area contributed by atoms with Gasteiger partial charge in [0, 0.05) is 11.3 Å². The molecule has 92 valence electrons. The molecule has 0 aliphatic heterocycles. The number of benzene rings is 1. The monoisotopic (exact) mass is 240 g/mol. The van der Waals surface area contributed by atoms with Crippen LogP contribution in [0.15, 0.2) is 30.3 Å². The van der Waals surface area contributed by atoms with E-state index in [1.165, 1.54) is 5.56 Å². The lowest BCUT2D eigenvalue weighted by atomic mass is 10.0. The lowest BCUT2D eigenvalue weighted by Gasteiger charge is -2.07. The van der Waals surface area contributed by atoms with E-state index >= 15 is 0 Å². The van der Waals surface area contributed by atoms with E-state index in [0.29, 0.717) is 12.2 Å². The molecule has 0 saturated heterocycles. The van der Waals surface area contributed by atoms with E-state index in [1.807, 2.05) is 25.1 Å². The van der Waals surface area contributed by atoms with Crippen LogP contribution >= 0.6 is 0 Å². The Morgan fingerprint density at radius 3 is 2.33 bits per heavy atom. The third-order valence-corrected chi connectivity index (χ3v) is 2.85. The predicted octanol–water partition coefficient (Wildman–Crippen LogP) is 3.39. The molecule has 2 aromatic rings. The van der Waals surface area contributed by atoms with E-state index in [2.05, 4.69) is 35.9 Å². The second-order valence-corrected chi connectivity index (χ2v) is 4.65. The van der Waals surface area contributed by atoms with Gasteiger partial charge >= 0.3 is 0 Å². The van der Waals surface area contributed by atoms with Gasteiger partial charge in [0.25, 0.3) is 0 Å². The van der Waals surface area contributed by atoms with Crippen LogP contribution in [0.3, 0.4) is 0 Å². The van der Waals surface area contributed by atoms with Crippen molar-refractivity contribution in [3.8, 4) is 11.3 Å². The van der Waals surface area contributed by atoms with Crippen molar-refractivity contribution in [2.45, 2.75) is 26.7 Å². The molecule has 0 saturated carbocycles. The predicted molar refractivity (Wildman–Crippen MR) is 71.7 cm³/mol. The number of carbonyl (C=O) groups excluding carboxylic acids is 1. The third kappa shape index (κ3) is 2.62. The van der Waals surface area contributed by atoms with Crippen molar-refractivity contribution in [1.82, 2.24) is 9.97 Å². The van der Waals surface area contributed by atoms with E-state index < -0.39 is 0 Å². The normalized spacial score (nSPS) is 10.7. The number of hydrogen-bond acceptors (Lipinski definition) is 3. The first-order valence-corrected chi connectivity index (χ1v) is 6.01. The molecule has 3 heteroatoms. The molecular weight excluding hydrogens is 224 g/mol. The van der Waals surface area contributed by atoms with Crippen LogP contribution in [0.25, 0.3) is 11.3 Å². The van der Waals surface area contributed by atoms with E-state index in [1.54, 1.807) is 0 Å². The maximum Gasteiger partial charge on any atom is 0.193 e. The van der Waals surface area contributed by atoms with Crippen LogP contribution in [0.4, 0.5) is 0 Å². The van der Waals surface area contributed by atoms with Crippen LogP contribution in [0.2, 0.25) is 0 Å². The fourth-order valence-corrected chi connectivity index (χ4v) is 1.83. The van der Waals surface area contributed by atoms with Gasteiger partial charge in [-0.1, -0.05) is 38.1 Å². The molecule has 1 aromatic heterocycles. The maximum absolute atomic E-state index is 10.8. The summed E-state index contributed by atoms with van der Waals surface area (Å²) in [6, 6.07) is 10.1. The Balaban J connectivity index is 2.42. The summed E-state index contributed by atoms with van der Waals surface area (Å²) in [5, 5.41) is 0. The summed E-state index contributed by atoms with van der Waals surface area (Å²) < 4.78 is 0. The maximum atomic E-state index is 10.8. The van der Waals surface area contributed by atoms with E-state index in [9.17, 15) is 4.79 Å². The number of aromatic nitrogens is 2. The van der Waals surface area contributed by atoms with E-state index in [-0.39, 0.29) is 5.82 Å². The van der Waals surface area contributed by atoms with Gasteiger partial charge in [0.05, 0.1) is 5.69 Å². The van der Waals surface area contributed by atoms with Crippen molar-refractivity contribution in [3.63, 3.8) is 0 Å². The number of nitrogens with zero attached hydrogens (tertiary/aromatic N) is 2. The molecule has 2 rings (SSSR count). The topological polar surface area (TPSA) is 42.9 Å². The zero-order valence-corrected chi connectivity index (χ0v) is 10.8. The second-order valence-electron chi connectivity index (χ2n) is 4.65. The Morgan fingerprint density at radius 2 is 1.78 bits per heavy atom. The third-order valence-electron chi connectivity index (χ3n) is 2.85. The largest absolute Gasteiger partial charge is 0.294 e. The molecule has 0 aliphatic rings. The van der Waals surface area contributed by atoms with E-state index in [4.69, 9.17) is 0 Å². The molecule has 0 radical (unpaired) electrons. The molecule has 0 atom stereocenters. The van der Waals surface area contributed by atoms with Crippen molar-refractivity contribution >= 4 is 6.29 Å². The highest BCUT2D eigenvalue weighted by Crippen LogP contribution is 2.21. The summed E-state index contributed by atoms with van der Waals surface area (Å²) >= 11 is 0. The first-order chi connectivity index (χ1) is 8.60. The number of hydrogen-bond donors (Lipinski definition) is 0. The lowest BCUT2D eigenvalue weighted by molar-refractivity contribution is 0.111. The van der Waals surface area contributed by atoms with Gasteiger partial charge in [-0.15, -0.1) is 0 Å². The van der Waals surface area contributed by atoms with Gasteiger partial charge < -0.3 is 0 Å². The number of aryl methyl sites for hydroxylation is 1. The zero-order valence-electron chi connectivity index (χ0n) is 10.8. The van der Waals surface area contributed by atoms with Crippen LogP contribution in [0.5, 0.6) is 0 Å². The van der Waals surface area contributed by atoms with Gasteiger partial charge in [-0.3, -0.25) is 4.79 Å². The summed E-state index contributed by atoms with van der Waals surface area (Å²) in [6.45, 7) is 6.18. The van der Waals surface area contributed by atoms with Crippen molar-refractivity contribution in [3.05, 3.63) is 47.4 Å². The standard InChI is InChI=1S/C15H16N2O/c1-10(2)12-4-6-13(7-5-12)14-8-11(3)16-15(9-18)17-14/h4-10H,1-3H3. The average molecular weight is 240 g/mol. The van der Waals surface area contributed by atoms with Gasteiger partial charge in [0.1, 0.15) is 0 Å². The molecule has 0 N–H and O–H groups in total. The smallest absolute Gasteiger partial charge is 0.193 e. The number of carbonyl (C=O) groups is 1. The first kappa shape index (κ1) is 12.4. The molecule has 1 aromatic carbocycles. The van der Waals surface area contributed by atoms with Crippen LogP contribution < -0.4 is 0 Å². The quantitative estimate of drug-likeness (QED) is 0.772. The molecule has 1 heterocycles. The van der Waals surface area contributed by atoms with Crippen molar-refractivity contribution in [1.29, 1.82) is 0 Å². The highest BCUT2D eigenvalue weighted by molar-refractivity contribution is 5.71. The summed E-state index contributed by atoms with van der Waals surface area (Å²) in [6.07, 6.45) is 0.680. The average Bonchev–Trinajstić information content (AvgIpc) is 2.38. The molecule has 0 spiro atoms. The summed E-state index contributed by atoms with van der Waals surface area (Å²) in [5.74, 6) is 0.745. The van der Waals surface area contributed by atoms with Crippen LogP contribution in [0, 0.1) is 6.92 Å². The molecule has 18 heavy (non-hydrogen) atoms. The Bertz CT molecular complexity index is 559. The van der Waals surface area contributed by atoms with Crippen LogP contribution in [-0.4, -0.2) is 16.3 Å². The van der Waals surface area contributed by atoms with Crippen molar-refractivity contribution < 1.29 is 4.79 Å². The minimum atomic E-state index is 0.234. The van der Waals surface area contributed by atoms with E-state index in [0.717, 1.165) is 17.0 Å². The van der Waals surface area contributed by atoms with Gasteiger partial charge in [0.15, 0.2) is 12.1 Å². The van der Waals surface area contributed by atoms with Crippen molar-refractivity contribution in [2.24, 2.45) is 0 Å². The molecule has 3 nitrogen and oxygen atoms in total. The minimum Gasteiger partial charge on any atom is -0.294 e. The number of aldehydes is 1. The fourth-order valence-electron chi connectivity index (χ4n) is 1.83. The lowest BCUT2D eigenvalue weighted by Crippen LogP contribution is -1.97. The first-order valence-electron chi connectivity index (χ1n) is 6.01.